The van der Waals surface area contributed by atoms with Gasteiger partial charge in [-0.2, -0.15) is 0 Å². The molecular weight excluding hydrogens is 224 g/mol. The predicted octanol–water partition coefficient (Wildman–Crippen LogP) is 2.06. The summed E-state index contributed by atoms with van der Waals surface area (Å²) in [5.41, 5.74) is 0.830. The Hall–Kier alpha value is -1.06. The van der Waals surface area contributed by atoms with Crippen LogP contribution < -0.4 is 10.2 Å². The van der Waals surface area contributed by atoms with Crippen LogP contribution in [0.4, 0.5) is 5.69 Å². The molecule has 1 N–H and O–H groups in total. The molecule has 86 valence electrons. The molecule has 16 heavy (non-hydrogen) atoms. The van der Waals surface area contributed by atoms with Crippen LogP contribution in [0.5, 0.6) is 0 Å². The van der Waals surface area contributed by atoms with Gasteiger partial charge < -0.3 is 10.2 Å². The number of amides is 1. The Balaban J connectivity index is 2.22. The molecule has 0 unspecified atom stereocenters. The van der Waals surface area contributed by atoms with Gasteiger partial charge in [0.2, 0.25) is 5.91 Å². The van der Waals surface area contributed by atoms with Crippen LogP contribution in [0.3, 0.4) is 0 Å². The van der Waals surface area contributed by atoms with E-state index in [9.17, 15) is 4.79 Å². The van der Waals surface area contributed by atoms with Gasteiger partial charge in [-0.3, -0.25) is 4.79 Å². The second-order valence-electron chi connectivity index (χ2n) is 3.85. The molecule has 1 amide bonds. The zero-order valence-corrected chi connectivity index (χ0v) is 9.83. The number of nitrogens with zero attached hydrogens (tertiary/aromatic N) is 1. The summed E-state index contributed by atoms with van der Waals surface area (Å²) in [6.07, 6.45) is 1.49. The van der Waals surface area contributed by atoms with Crippen molar-refractivity contribution in [3.63, 3.8) is 0 Å². The van der Waals surface area contributed by atoms with Gasteiger partial charge in [-0.1, -0.05) is 23.7 Å². The molecule has 2 rings (SSSR count). The van der Waals surface area contributed by atoms with Crippen molar-refractivity contribution in [1.82, 2.24) is 5.32 Å². The Morgan fingerprint density at radius 3 is 2.88 bits per heavy atom. The Bertz CT molecular complexity index is 381. The van der Waals surface area contributed by atoms with Gasteiger partial charge in [0, 0.05) is 19.5 Å². The summed E-state index contributed by atoms with van der Waals surface area (Å²) in [6.45, 7) is 2.43. The zero-order valence-electron chi connectivity index (χ0n) is 9.08. The molecule has 1 heterocycles. The number of benzene rings is 1. The second-order valence-corrected chi connectivity index (χ2v) is 4.26. The van der Waals surface area contributed by atoms with Gasteiger partial charge in [-0.25, -0.2) is 0 Å². The third-order valence-electron chi connectivity index (χ3n) is 2.70. The molecule has 0 spiro atoms. The lowest BCUT2D eigenvalue weighted by atomic mass is 10.2. The summed E-state index contributed by atoms with van der Waals surface area (Å²) in [5.74, 6) is 0.139. The Labute approximate surface area is 100 Å². The van der Waals surface area contributed by atoms with Crippen molar-refractivity contribution in [2.75, 3.05) is 24.5 Å². The number of nitrogens with one attached hydrogen (secondary N) is 1. The fourth-order valence-electron chi connectivity index (χ4n) is 1.87. The monoisotopic (exact) mass is 238 g/mol. The maximum Gasteiger partial charge on any atom is 0.228 e. The molecule has 1 aromatic rings. The lowest BCUT2D eigenvalue weighted by Crippen LogP contribution is -2.38. The van der Waals surface area contributed by atoms with Gasteiger partial charge >= 0.3 is 0 Å². The summed E-state index contributed by atoms with van der Waals surface area (Å²) in [7, 11) is 0. The fourth-order valence-corrected chi connectivity index (χ4v) is 2.11. The van der Waals surface area contributed by atoms with Crippen molar-refractivity contribution in [2.24, 2.45) is 0 Å². The topological polar surface area (TPSA) is 32.3 Å². The third-order valence-corrected chi connectivity index (χ3v) is 3.01. The van der Waals surface area contributed by atoms with Gasteiger partial charge in [-0.15, -0.1) is 0 Å². The van der Waals surface area contributed by atoms with E-state index >= 15 is 0 Å². The average Bonchev–Trinajstić information content (AvgIpc) is 2.26. The molecule has 4 heteroatoms. The Kier molecular flexibility index (Phi) is 3.80. The minimum absolute atomic E-state index is 0.139. The molecule has 1 saturated heterocycles. The van der Waals surface area contributed by atoms with E-state index in [-0.39, 0.29) is 5.91 Å². The van der Waals surface area contributed by atoms with Crippen molar-refractivity contribution >= 4 is 23.2 Å². The van der Waals surface area contributed by atoms with Crippen molar-refractivity contribution in [3.8, 4) is 0 Å². The number of halogens is 1. The van der Waals surface area contributed by atoms with Crippen LogP contribution in [0, 0.1) is 0 Å². The highest BCUT2D eigenvalue weighted by atomic mass is 35.5. The van der Waals surface area contributed by atoms with E-state index in [0.717, 1.165) is 31.7 Å². The maximum atomic E-state index is 11.9. The minimum Gasteiger partial charge on any atom is -0.316 e. The average molecular weight is 239 g/mol. The van der Waals surface area contributed by atoms with Crippen molar-refractivity contribution < 1.29 is 4.79 Å². The maximum absolute atomic E-state index is 11.9. The Morgan fingerprint density at radius 1 is 1.25 bits per heavy atom. The molecular formula is C12H15ClN2O. The van der Waals surface area contributed by atoms with Crippen LogP contribution in [0.15, 0.2) is 24.3 Å². The van der Waals surface area contributed by atoms with Crippen molar-refractivity contribution in [3.05, 3.63) is 29.3 Å². The number of para-hydroxylation sites is 1. The summed E-state index contributed by atoms with van der Waals surface area (Å²) in [6, 6.07) is 7.50. The first-order chi connectivity index (χ1) is 7.79. The first-order valence-electron chi connectivity index (χ1n) is 5.54. The molecule has 0 atom stereocenters. The Morgan fingerprint density at radius 2 is 2.06 bits per heavy atom. The van der Waals surface area contributed by atoms with Crippen LogP contribution >= 0.6 is 11.6 Å². The van der Waals surface area contributed by atoms with Gasteiger partial charge in [0.15, 0.2) is 0 Å². The van der Waals surface area contributed by atoms with Gasteiger partial charge in [0.25, 0.3) is 0 Å². The van der Waals surface area contributed by atoms with E-state index in [1.807, 2.05) is 24.3 Å². The summed E-state index contributed by atoms with van der Waals surface area (Å²) in [5, 5.41) is 3.87. The quantitative estimate of drug-likeness (QED) is 0.812. The highest BCUT2D eigenvalue weighted by molar-refractivity contribution is 6.33. The molecule has 0 aromatic heterocycles. The first kappa shape index (κ1) is 11.4. The highest BCUT2D eigenvalue weighted by Crippen LogP contribution is 2.26. The first-order valence-corrected chi connectivity index (χ1v) is 5.92. The molecule has 0 saturated carbocycles. The fraction of sp³-hybridized carbons (Fsp3) is 0.417. The summed E-state index contributed by atoms with van der Waals surface area (Å²) >= 11 is 6.11. The standard InChI is InChI=1S/C12H15ClN2O/c13-10-4-1-2-5-11(10)15-9-3-7-14-8-6-12(15)16/h1-2,4-5,14H,3,6-9H2. The van der Waals surface area contributed by atoms with Crippen molar-refractivity contribution in [1.29, 1.82) is 0 Å². The smallest absolute Gasteiger partial charge is 0.228 e. The summed E-state index contributed by atoms with van der Waals surface area (Å²) in [4.78, 5) is 13.7. The van der Waals surface area contributed by atoms with E-state index in [1.54, 1.807) is 4.90 Å². The zero-order chi connectivity index (χ0) is 11.4. The third kappa shape index (κ3) is 2.54. The molecule has 1 fully saturated rings. The van der Waals surface area contributed by atoms with E-state index < -0.39 is 0 Å². The van der Waals surface area contributed by atoms with Crippen LogP contribution in [-0.2, 0) is 4.79 Å². The number of carbonyl (C=O) groups excluding carboxylic acids is 1. The lowest BCUT2D eigenvalue weighted by Gasteiger charge is -2.26. The van der Waals surface area contributed by atoms with E-state index in [2.05, 4.69) is 5.32 Å². The molecule has 0 aliphatic carbocycles. The lowest BCUT2D eigenvalue weighted by molar-refractivity contribution is -0.118. The largest absolute Gasteiger partial charge is 0.316 e. The number of carbonyl (C=O) groups is 1. The molecule has 1 aliphatic heterocycles. The van der Waals surface area contributed by atoms with Gasteiger partial charge in [0.1, 0.15) is 0 Å². The second kappa shape index (κ2) is 5.32. The van der Waals surface area contributed by atoms with E-state index in [4.69, 9.17) is 11.6 Å². The number of rotatable bonds is 1. The molecule has 3 nitrogen and oxygen atoms in total. The van der Waals surface area contributed by atoms with Crippen LogP contribution in [-0.4, -0.2) is 25.5 Å². The minimum atomic E-state index is 0.139. The van der Waals surface area contributed by atoms with Crippen molar-refractivity contribution in [2.45, 2.75) is 12.8 Å². The number of anilines is 1. The van der Waals surface area contributed by atoms with E-state index in [1.165, 1.54) is 0 Å². The molecule has 1 aliphatic rings. The molecule has 0 radical (unpaired) electrons. The van der Waals surface area contributed by atoms with Crippen LogP contribution in [0.1, 0.15) is 12.8 Å². The number of hydrogen-bond donors (Lipinski definition) is 1. The normalized spacial score (nSPS) is 18.1. The predicted molar refractivity (Wildman–Crippen MR) is 65.9 cm³/mol. The summed E-state index contributed by atoms with van der Waals surface area (Å²) < 4.78 is 0. The highest BCUT2D eigenvalue weighted by Gasteiger charge is 2.18. The van der Waals surface area contributed by atoms with E-state index in [0.29, 0.717) is 11.4 Å². The SMILES string of the molecule is O=C1CCNCCCN1c1ccccc1Cl. The molecule has 0 bridgehead atoms. The van der Waals surface area contributed by atoms with Crippen LogP contribution in [0.2, 0.25) is 5.02 Å². The van der Waals surface area contributed by atoms with Gasteiger partial charge in [-0.05, 0) is 25.1 Å². The number of hydrogen-bond acceptors (Lipinski definition) is 2. The van der Waals surface area contributed by atoms with Crippen LogP contribution in [0.25, 0.3) is 0 Å². The van der Waals surface area contributed by atoms with Gasteiger partial charge in [0.05, 0.1) is 10.7 Å². The molecule has 1 aromatic carbocycles.